The van der Waals surface area contributed by atoms with Gasteiger partial charge in [0.25, 0.3) is 0 Å². The summed E-state index contributed by atoms with van der Waals surface area (Å²) in [4.78, 5) is 13.5. The Morgan fingerprint density at radius 2 is 1.75 bits per heavy atom. The van der Waals surface area contributed by atoms with E-state index in [0.717, 1.165) is 24.3 Å². The highest BCUT2D eigenvalue weighted by atomic mass is 32.2. The molecule has 2 aliphatic heterocycles. The van der Waals surface area contributed by atoms with E-state index in [1.165, 1.54) is 0 Å². The minimum atomic E-state index is -0.758. The van der Waals surface area contributed by atoms with Crippen LogP contribution in [0.3, 0.4) is 0 Å². The van der Waals surface area contributed by atoms with Gasteiger partial charge in [-0.1, -0.05) is 0 Å². The first kappa shape index (κ1) is 12.2. The molecule has 0 saturated carbocycles. The van der Waals surface area contributed by atoms with Crippen LogP contribution in [0.4, 0.5) is 0 Å². The largest absolute Gasteiger partial charge is 0.388 e. The smallest absolute Gasteiger partial charge is 0.223 e. The van der Waals surface area contributed by atoms with E-state index in [1.54, 1.807) is 4.90 Å². The Labute approximate surface area is 100 Å². The molecule has 2 fully saturated rings. The van der Waals surface area contributed by atoms with E-state index < -0.39 is 12.2 Å². The first-order valence-corrected chi connectivity index (χ1v) is 7.04. The summed E-state index contributed by atoms with van der Waals surface area (Å²) < 4.78 is 0. The van der Waals surface area contributed by atoms with Gasteiger partial charge in [0.15, 0.2) is 0 Å². The van der Waals surface area contributed by atoms with Gasteiger partial charge in [-0.3, -0.25) is 4.79 Å². The van der Waals surface area contributed by atoms with E-state index in [2.05, 4.69) is 0 Å². The maximum Gasteiger partial charge on any atom is 0.223 e. The molecule has 0 spiro atoms. The van der Waals surface area contributed by atoms with Crippen LogP contribution in [0.1, 0.15) is 19.3 Å². The zero-order valence-corrected chi connectivity index (χ0v) is 10.2. The first-order chi connectivity index (χ1) is 7.66. The molecule has 16 heavy (non-hydrogen) atoms. The van der Waals surface area contributed by atoms with Crippen LogP contribution in [0.15, 0.2) is 0 Å². The summed E-state index contributed by atoms with van der Waals surface area (Å²) in [6.45, 7) is 0.586. The maximum atomic E-state index is 11.9. The lowest BCUT2D eigenvalue weighted by atomic mass is 9.98. The van der Waals surface area contributed by atoms with Crippen molar-refractivity contribution in [1.29, 1.82) is 0 Å². The minimum Gasteiger partial charge on any atom is -0.388 e. The highest BCUT2D eigenvalue weighted by molar-refractivity contribution is 7.99. The number of carbonyl (C=O) groups excluding carboxylic acids is 1. The zero-order valence-electron chi connectivity index (χ0n) is 9.34. The number of rotatable bonds is 2. The van der Waals surface area contributed by atoms with Crippen LogP contribution < -0.4 is 0 Å². The average molecular weight is 245 g/mol. The molecule has 1 amide bonds. The summed E-state index contributed by atoms with van der Waals surface area (Å²) in [6.07, 6.45) is 1.31. The van der Waals surface area contributed by atoms with E-state index in [0.29, 0.717) is 25.4 Å². The number of amides is 1. The molecule has 2 atom stereocenters. The molecule has 2 rings (SSSR count). The van der Waals surface area contributed by atoms with Gasteiger partial charge in [0.2, 0.25) is 5.91 Å². The van der Waals surface area contributed by atoms with Gasteiger partial charge in [0.1, 0.15) is 0 Å². The standard InChI is InChI=1S/C11H19NO3S/c13-9-6-12(7-10(9)14)11(15)5-8-1-3-16-4-2-8/h8-10,13-14H,1-7H2. The number of aliphatic hydroxyl groups excluding tert-OH is 2. The maximum absolute atomic E-state index is 11.9. The molecule has 0 aromatic carbocycles. The topological polar surface area (TPSA) is 60.8 Å². The summed E-state index contributed by atoms with van der Waals surface area (Å²) in [5.41, 5.74) is 0. The number of nitrogens with zero attached hydrogens (tertiary/aromatic N) is 1. The SMILES string of the molecule is O=C(CC1CCSCC1)N1CC(O)C(O)C1. The van der Waals surface area contributed by atoms with Gasteiger partial charge in [-0.05, 0) is 30.3 Å². The molecule has 0 radical (unpaired) electrons. The second kappa shape index (κ2) is 5.38. The summed E-state index contributed by atoms with van der Waals surface area (Å²) >= 11 is 1.95. The number of β-amino-alcohol motifs (C(OH)–C–C–N with tert-alkyl or cyclic N) is 2. The predicted molar refractivity (Wildman–Crippen MR) is 63.3 cm³/mol. The molecule has 2 aliphatic rings. The van der Waals surface area contributed by atoms with Crippen molar-refractivity contribution in [2.24, 2.45) is 5.92 Å². The third kappa shape index (κ3) is 2.90. The molecule has 0 aromatic rings. The van der Waals surface area contributed by atoms with Crippen LogP contribution >= 0.6 is 11.8 Å². The van der Waals surface area contributed by atoms with E-state index in [1.807, 2.05) is 11.8 Å². The van der Waals surface area contributed by atoms with Gasteiger partial charge in [0.05, 0.1) is 12.2 Å². The Bertz CT molecular complexity index is 246. The second-order valence-corrected chi connectivity index (χ2v) is 5.92. The number of hydrogen-bond acceptors (Lipinski definition) is 4. The average Bonchev–Trinajstić information content (AvgIpc) is 2.61. The van der Waals surface area contributed by atoms with Gasteiger partial charge < -0.3 is 15.1 Å². The van der Waals surface area contributed by atoms with Crippen molar-refractivity contribution in [3.8, 4) is 0 Å². The van der Waals surface area contributed by atoms with Gasteiger partial charge in [-0.15, -0.1) is 0 Å². The number of aliphatic hydroxyl groups is 2. The third-order valence-corrected chi connectivity index (χ3v) is 4.46. The highest BCUT2D eigenvalue weighted by Crippen LogP contribution is 2.26. The molecule has 2 heterocycles. The fraction of sp³-hybridized carbons (Fsp3) is 0.909. The Morgan fingerprint density at radius 3 is 2.31 bits per heavy atom. The van der Waals surface area contributed by atoms with Gasteiger partial charge in [-0.2, -0.15) is 11.8 Å². The zero-order chi connectivity index (χ0) is 11.5. The van der Waals surface area contributed by atoms with Crippen molar-refractivity contribution < 1.29 is 15.0 Å². The Balaban J connectivity index is 1.79. The predicted octanol–water partition coefficient (Wildman–Crippen LogP) is 0.0837. The molecule has 0 bridgehead atoms. The Hall–Kier alpha value is -0.260. The lowest BCUT2D eigenvalue weighted by molar-refractivity contribution is -0.131. The number of likely N-dealkylation sites (tertiary alicyclic amines) is 1. The summed E-state index contributed by atoms with van der Waals surface area (Å²) in [5.74, 6) is 2.91. The molecular weight excluding hydrogens is 226 g/mol. The van der Waals surface area contributed by atoms with Crippen LogP contribution in [0, 0.1) is 5.92 Å². The van der Waals surface area contributed by atoms with Gasteiger partial charge in [-0.25, -0.2) is 0 Å². The molecule has 0 aliphatic carbocycles. The number of carbonyl (C=O) groups is 1. The van der Waals surface area contributed by atoms with Crippen molar-refractivity contribution in [3.63, 3.8) is 0 Å². The highest BCUT2D eigenvalue weighted by Gasteiger charge is 2.33. The van der Waals surface area contributed by atoms with Gasteiger partial charge in [0, 0.05) is 19.5 Å². The van der Waals surface area contributed by atoms with Crippen LogP contribution in [-0.2, 0) is 4.79 Å². The first-order valence-electron chi connectivity index (χ1n) is 5.88. The van der Waals surface area contributed by atoms with E-state index in [9.17, 15) is 15.0 Å². The van der Waals surface area contributed by atoms with Gasteiger partial charge >= 0.3 is 0 Å². The summed E-state index contributed by atoms with van der Waals surface area (Å²) in [5, 5.41) is 18.8. The Morgan fingerprint density at radius 1 is 1.19 bits per heavy atom. The molecule has 5 heteroatoms. The minimum absolute atomic E-state index is 0.0903. The molecule has 2 saturated heterocycles. The molecule has 4 nitrogen and oxygen atoms in total. The fourth-order valence-corrected chi connectivity index (χ4v) is 3.50. The summed E-state index contributed by atoms with van der Waals surface area (Å²) in [6, 6.07) is 0. The molecular formula is C11H19NO3S. The lowest BCUT2D eigenvalue weighted by Crippen LogP contribution is -2.32. The fourth-order valence-electron chi connectivity index (χ4n) is 2.30. The lowest BCUT2D eigenvalue weighted by Gasteiger charge is -2.23. The van der Waals surface area contributed by atoms with Crippen LogP contribution in [0.25, 0.3) is 0 Å². The van der Waals surface area contributed by atoms with E-state index in [4.69, 9.17) is 0 Å². The number of hydrogen-bond donors (Lipinski definition) is 2. The monoisotopic (exact) mass is 245 g/mol. The number of thioether (sulfide) groups is 1. The van der Waals surface area contributed by atoms with E-state index in [-0.39, 0.29) is 5.91 Å². The summed E-state index contributed by atoms with van der Waals surface area (Å²) in [7, 11) is 0. The van der Waals surface area contributed by atoms with Crippen molar-refractivity contribution in [2.45, 2.75) is 31.5 Å². The second-order valence-electron chi connectivity index (χ2n) is 4.69. The molecule has 92 valence electrons. The van der Waals surface area contributed by atoms with Crippen LogP contribution in [0.2, 0.25) is 0 Å². The van der Waals surface area contributed by atoms with Crippen LogP contribution in [0.5, 0.6) is 0 Å². The normalized spacial score (nSPS) is 32.0. The van der Waals surface area contributed by atoms with Crippen molar-refractivity contribution in [3.05, 3.63) is 0 Å². The van der Waals surface area contributed by atoms with E-state index >= 15 is 0 Å². The third-order valence-electron chi connectivity index (χ3n) is 3.42. The Kier molecular flexibility index (Phi) is 4.10. The molecule has 2 N–H and O–H groups in total. The van der Waals surface area contributed by atoms with Crippen LogP contribution in [-0.4, -0.2) is 57.8 Å². The molecule has 2 unspecified atom stereocenters. The van der Waals surface area contributed by atoms with Crippen molar-refractivity contribution in [2.75, 3.05) is 24.6 Å². The molecule has 0 aromatic heterocycles. The van der Waals surface area contributed by atoms with Crippen molar-refractivity contribution >= 4 is 17.7 Å². The quantitative estimate of drug-likeness (QED) is 0.723. The van der Waals surface area contributed by atoms with Crippen molar-refractivity contribution in [1.82, 2.24) is 4.90 Å².